The molecule has 3 rings (SSSR count). The monoisotopic (exact) mass is 318 g/mol. The molecule has 0 bridgehead atoms. The Morgan fingerprint density at radius 3 is 2.83 bits per heavy atom. The van der Waals surface area contributed by atoms with Crippen LogP contribution in [0.3, 0.4) is 0 Å². The number of aryl methyl sites for hydroxylation is 1. The lowest BCUT2D eigenvalue weighted by molar-refractivity contribution is 0.464. The number of nitrogens with one attached hydrogen (secondary N) is 1. The topological polar surface area (TPSA) is 75.9 Å². The van der Waals surface area contributed by atoms with Gasteiger partial charge < -0.3 is 10.2 Å². The molecule has 0 spiro atoms. The lowest BCUT2D eigenvalue weighted by Crippen LogP contribution is -2.45. The maximum Gasteiger partial charge on any atom is 0.266 e. The smallest absolute Gasteiger partial charge is 0.266 e. The normalized spacial score (nSPS) is 18.0. The SMILES string of the molecule is Cn1nc(N2CCCCC2CNc2ncc(F)cn2)ccc1=O. The molecule has 1 aliphatic heterocycles. The van der Waals surface area contributed by atoms with E-state index in [1.165, 1.54) is 10.7 Å². The van der Waals surface area contributed by atoms with Gasteiger partial charge in [0, 0.05) is 32.2 Å². The first-order chi connectivity index (χ1) is 11.1. The van der Waals surface area contributed by atoms with Crippen LogP contribution in [0.5, 0.6) is 0 Å². The van der Waals surface area contributed by atoms with Gasteiger partial charge in [0.05, 0.1) is 12.4 Å². The zero-order chi connectivity index (χ0) is 16.2. The Kier molecular flexibility index (Phi) is 4.50. The van der Waals surface area contributed by atoms with Gasteiger partial charge in [0.1, 0.15) is 5.82 Å². The number of hydrogen-bond acceptors (Lipinski definition) is 6. The summed E-state index contributed by atoms with van der Waals surface area (Å²) in [5.74, 6) is 0.744. The fourth-order valence-corrected chi connectivity index (χ4v) is 2.77. The van der Waals surface area contributed by atoms with Crippen LogP contribution >= 0.6 is 0 Å². The van der Waals surface area contributed by atoms with Gasteiger partial charge in [-0.25, -0.2) is 19.0 Å². The fourth-order valence-electron chi connectivity index (χ4n) is 2.77. The zero-order valence-electron chi connectivity index (χ0n) is 12.9. The number of piperidine rings is 1. The van der Waals surface area contributed by atoms with Gasteiger partial charge in [0.25, 0.3) is 5.56 Å². The third kappa shape index (κ3) is 3.64. The average Bonchev–Trinajstić information content (AvgIpc) is 2.57. The highest BCUT2D eigenvalue weighted by atomic mass is 19.1. The van der Waals surface area contributed by atoms with Gasteiger partial charge >= 0.3 is 0 Å². The number of aromatic nitrogens is 4. The molecule has 2 aromatic rings. The fraction of sp³-hybridized carbons (Fsp3) is 0.467. The number of rotatable bonds is 4. The molecule has 0 amide bonds. The summed E-state index contributed by atoms with van der Waals surface area (Å²) < 4.78 is 14.2. The second kappa shape index (κ2) is 6.72. The number of anilines is 2. The summed E-state index contributed by atoms with van der Waals surface area (Å²) in [6.45, 7) is 1.53. The molecule has 2 aromatic heterocycles. The summed E-state index contributed by atoms with van der Waals surface area (Å²) in [7, 11) is 1.65. The highest BCUT2D eigenvalue weighted by molar-refractivity contribution is 5.39. The van der Waals surface area contributed by atoms with Crippen molar-refractivity contribution in [1.82, 2.24) is 19.7 Å². The van der Waals surface area contributed by atoms with E-state index in [0.29, 0.717) is 12.5 Å². The minimum absolute atomic E-state index is 0.125. The van der Waals surface area contributed by atoms with Crippen molar-refractivity contribution in [2.75, 3.05) is 23.3 Å². The van der Waals surface area contributed by atoms with Crippen molar-refractivity contribution in [1.29, 1.82) is 0 Å². The molecule has 8 heteroatoms. The van der Waals surface area contributed by atoms with E-state index in [1.807, 2.05) is 0 Å². The first-order valence-corrected chi connectivity index (χ1v) is 7.66. The Labute approximate surface area is 133 Å². The number of hydrogen-bond donors (Lipinski definition) is 1. The summed E-state index contributed by atoms with van der Waals surface area (Å²) in [5.41, 5.74) is -0.125. The Bertz CT molecular complexity index is 717. The quantitative estimate of drug-likeness (QED) is 0.912. The Balaban J connectivity index is 1.72. The molecule has 1 aliphatic rings. The van der Waals surface area contributed by atoms with E-state index in [4.69, 9.17) is 0 Å². The predicted molar refractivity (Wildman–Crippen MR) is 84.9 cm³/mol. The highest BCUT2D eigenvalue weighted by Crippen LogP contribution is 2.22. The van der Waals surface area contributed by atoms with E-state index in [9.17, 15) is 9.18 Å². The first-order valence-electron chi connectivity index (χ1n) is 7.66. The van der Waals surface area contributed by atoms with Crippen molar-refractivity contribution in [3.05, 3.63) is 40.7 Å². The van der Waals surface area contributed by atoms with Gasteiger partial charge in [-0.05, 0) is 25.3 Å². The Morgan fingerprint density at radius 1 is 1.30 bits per heavy atom. The molecule has 1 N–H and O–H groups in total. The van der Waals surface area contributed by atoms with Crippen LogP contribution in [-0.2, 0) is 7.05 Å². The van der Waals surface area contributed by atoms with Crippen molar-refractivity contribution in [3.63, 3.8) is 0 Å². The summed E-state index contributed by atoms with van der Waals surface area (Å²) in [6, 6.07) is 3.52. The van der Waals surface area contributed by atoms with Crippen molar-refractivity contribution in [2.45, 2.75) is 25.3 Å². The average molecular weight is 318 g/mol. The molecule has 7 nitrogen and oxygen atoms in total. The van der Waals surface area contributed by atoms with Crippen LogP contribution in [-0.4, -0.2) is 38.9 Å². The second-order valence-corrected chi connectivity index (χ2v) is 5.60. The van der Waals surface area contributed by atoms with Gasteiger partial charge in [-0.3, -0.25) is 4.79 Å². The predicted octanol–water partition coefficient (Wildman–Crippen LogP) is 1.18. The van der Waals surface area contributed by atoms with Crippen LogP contribution in [0.4, 0.5) is 16.2 Å². The first kappa shape index (κ1) is 15.4. The maximum atomic E-state index is 12.8. The molecular formula is C15H19FN6O. The van der Waals surface area contributed by atoms with Crippen LogP contribution in [0.25, 0.3) is 0 Å². The molecular weight excluding hydrogens is 299 g/mol. The molecule has 1 unspecified atom stereocenters. The van der Waals surface area contributed by atoms with Crippen molar-refractivity contribution in [2.24, 2.45) is 7.05 Å². The lowest BCUT2D eigenvalue weighted by atomic mass is 10.0. The maximum absolute atomic E-state index is 12.8. The van der Waals surface area contributed by atoms with Gasteiger partial charge in [-0.2, -0.15) is 5.10 Å². The summed E-state index contributed by atoms with van der Waals surface area (Å²) in [5, 5.41) is 7.48. The van der Waals surface area contributed by atoms with Crippen LogP contribution < -0.4 is 15.8 Å². The van der Waals surface area contributed by atoms with Crippen molar-refractivity contribution < 1.29 is 4.39 Å². The van der Waals surface area contributed by atoms with E-state index in [-0.39, 0.29) is 11.6 Å². The van der Waals surface area contributed by atoms with E-state index < -0.39 is 5.82 Å². The van der Waals surface area contributed by atoms with Crippen molar-refractivity contribution in [3.8, 4) is 0 Å². The molecule has 23 heavy (non-hydrogen) atoms. The van der Waals surface area contributed by atoms with Gasteiger partial charge in [-0.15, -0.1) is 0 Å². The highest BCUT2D eigenvalue weighted by Gasteiger charge is 2.24. The molecule has 3 heterocycles. The minimum Gasteiger partial charge on any atom is -0.352 e. The summed E-state index contributed by atoms with van der Waals surface area (Å²) in [6.07, 6.45) is 5.52. The second-order valence-electron chi connectivity index (χ2n) is 5.60. The number of nitrogens with zero attached hydrogens (tertiary/aromatic N) is 5. The van der Waals surface area contributed by atoms with E-state index in [1.54, 1.807) is 13.1 Å². The van der Waals surface area contributed by atoms with Gasteiger partial charge in [-0.1, -0.05) is 0 Å². The standard InChI is InChI=1S/C15H19FN6O/c1-21-14(23)6-5-13(20-21)22-7-3-2-4-12(22)10-19-15-17-8-11(16)9-18-15/h5-6,8-9,12H,2-4,7,10H2,1H3,(H,17,18,19). The van der Waals surface area contributed by atoms with E-state index in [2.05, 4.69) is 25.3 Å². The van der Waals surface area contributed by atoms with Gasteiger partial charge in [0.15, 0.2) is 5.82 Å². The Morgan fingerprint density at radius 2 is 2.09 bits per heavy atom. The minimum atomic E-state index is -0.454. The molecule has 1 saturated heterocycles. The number of halogens is 1. The van der Waals surface area contributed by atoms with Crippen LogP contribution in [0.2, 0.25) is 0 Å². The molecule has 0 aliphatic carbocycles. The third-order valence-corrected chi connectivity index (χ3v) is 3.98. The molecule has 1 atom stereocenters. The molecule has 122 valence electrons. The van der Waals surface area contributed by atoms with E-state index >= 15 is 0 Å². The molecule has 0 aromatic carbocycles. The molecule has 0 radical (unpaired) electrons. The summed E-state index contributed by atoms with van der Waals surface area (Å²) in [4.78, 5) is 21.5. The molecule has 0 saturated carbocycles. The largest absolute Gasteiger partial charge is 0.352 e. The van der Waals surface area contributed by atoms with Crippen LogP contribution in [0.15, 0.2) is 29.3 Å². The molecule has 1 fully saturated rings. The van der Waals surface area contributed by atoms with Crippen LogP contribution in [0.1, 0.15) is 19.3 Å². The van der Waals surface area contributed by atoms with Crippen molar-refractivity contribution >= 4 is 11.8 Å². The van der Waals surface area contributed by atoms with Crippen LogP contribution in [0, 0.1) is 5.82 Å². The van der Waals surface area contributed by atoms with Gasteiger partial charge in [0.2, 0.25) is 5.95 Å². The van der Waals surface area contributed by atoms with E-state index in [0.717, 1.165) is 44.0 Å². The summed E-state index contributed by atoms with van der Waals surface area (Å²) >= 11 is 0. The Hall–Kier alpha value is -2.51. The third-order valence-electron chi connectivity index (χ3n) is 3.98. The lowest BCUT2D eigenvalue weighted by Gasteiger charge is -2.36. The zero-order valence-corrected chi connectivity index (χ0v) is 12.9.